The normalized spacial score (nSPS) is 17.9. The fourth-order valence-corrected chi connectivity index (χ4v) is 3.54. The third-order valence-corrected chi connectivity index (χ3v) is 5.26. The fraction of sp³-hybridized carbons (Fsp3) is 0.579. The van der Waals surface area contributed by atoms with Crippen LogP contribution in [0, 0.1) is 5.92 Å². The molecule has 6 heteroatoms. The van der Waals surface area contributed by atoms with E-state index < -0.39 is 5.91 Å². The van der Waals surface area contributed by atoms with Gasteiger partial charge in [0.05, 0.1) is 14.2 Å². The minimum Gasteiger partial charge on any atom is -0.493 e. The Morgan fingerprint density at radius 3 is 2.08 bits per heavy atom. The Balaban J connectivity index is 1.71. The van der Waals surface area contributed by atoms with E-state index in [9.17, 15) is 9.59 Å². The number of likely N-dealkylation sites (tertiary alicyclic amines) is 1. The Morgan fingerprint density at radius 1 is 0.920 bits per heavy atom. The summed E-state index contributed by atoms with van der Waals surface area (Å²) in [6, 6.07) is 3.87. The first-order chi connectivity index (χ1) is 12.0. The van der Waals surface area contributed by atoms with E-state index in [1.165, 1.54) is 0 Å². The van der Waals surface area contributed by atoms with Crippen LogP contribution >= 0.6 is 0 Å². The molecule has 0 saturated carbocycles. The molecule has 0 atom stereocenters. The number of benzene rings is 1. The molecule has 1 aromatic rings. The number of fused-ring (bicyclic) bond motifs is 1. The third kappa shape index (κ3) is 3.57. The SMILES string of the molecule is COc1cc2c(cc1OC)CN(C(=O)C(=O)N1CCC(C)CC1)CC2. The van der Waals surface area contributed by atoms with Gasteiger partial charge >= 0.3 is 11.8 Å². The molecule has 1 aromatic carbocycles. The number of methoxy groups -OCH3 is 2. The fourth-order valence-electron chi connectivity index (χ4n) is 3.54. The van der Waals surface area contributed by atoms with Crippen molar-refractivity contribution in [1.82, 2.24) is 9.80 Å². The van der Waals surface area contributed by atoms with Crippen LogP contribution in [0.15, 0.2) is 12.1 Å². The quantitative estimate of drug-likeness (QED) is 0.767. The van der Waals surface area contributed by atoms with E-state index in [0.717, 1.165) is 24.0 Å². The average Bonchev–Trinajstić information content (AvgIpc) is 2.65. The Kier molecular flexibility index (Phi) is 5.16. The molecule has 6 nitrogen and oxygen atoms in total. The van der Waals surface area contributed by atoms with Gasteiger partial charge in [0.25, 0.3) is 0 Å². The van der Waals surface area contributed by atoms with E-state index in [0.29, 0.717) is 50.0 Å². The summed E-state index contributed by atoms with van der Waals surface area (Å²) in [6.07, 6.45) is 2.66. The van der Waals surface area contributed by atoms with E-state index in [-0.39, 0.29) is 5.91 Å². The number of amides is 2. The number of piperidine rings is 1. The summed E-state index contributed by atoms with van der Waals surface area (Å²) >= 11 is 0. The van der Waals surface area contributed by atoms with E-state index in [2.05, 4.69) is 6.92 Å². The summed E-state index contributed by atoms with van der Waals surface area (Å²) in [5.41, 5.74) is 2.15. The molecule has 0 aliphatic carbocycles. The monoisotopic (exact) mass is 346 g/mol. The molecule has 0 unspecified atom stereocenters. The molecule has 2 heterocycles. The van der Waals surface area contributed by atoms with Gasteiger partial charge in [0.1, 0.15) is 0 Å². The lowest BCUT2D eigenvalue weighted by molar-refractivity contribution is -0.153. The molecule has 2 amide bonds. The zero-order valence-corrected chi connectivity index (χ0v) is 15.2. The van der Waals surface area contributed by atoms with Gasteiger partial charge in [0.15, 0.2) is 11.5 Å². The van der Waals surface area contributed by atoms with Crippen molar-refractivity contribution in [2.75, 3.05) is 33.9 Å². The van der Waals surface area contributed by atoms with Crippen LogP contribution in [0.4, 0.5) is 0 Å². The van der Waals surface area contributed by atoms with Crippen molar-refractivity contribution in [2.45, 2.75) is 32.7 Å². The Hall–Kier alpha value is -2.24. The minimum absolute atomic E-state index is 0.365. The third-order valence-electron chi connectivity index (χ3n) is 5.26. The number of hydrogen-bond donors (Lipinski definition) is 0. The second-order valence-electron chi connectivity index (χ2n) is 6.93. The number of hydrogen-bond acceptors (Lipinski definition) is 4. The van der Waals surface area contributed by atoms with Crippen molar-refractivity contribution >= 4 is 11.8 Å². The molecule has 0 spiro atoms. The Bertz CT molecular complexity index is 666. The lowest BCUT2D eigenvalue weighted by Crippen LogP contribution is -2.49. The molecule has 2 aliphatic heterocycles. The maximum absolute atomic E-state index is 12.6. The maximum atomic E-state index is 12.6. The number of nitrogens with zero attached hydrogens (tertiary/aromatic N) is 2. The van der Waals surface area contributed by atoms with Crippen LogP contribution in [-0.4, -0.2) is 55.5 Å². The highest BCUT2D eigenvalue weighted by Gasteiger charge is 2.31. The van der Waals surface area contributed by atoms with Gasteiger partial charge in [-0.3, -0.25) is 9.59 Å². The largest absolute Gasteiger partial charge is 0.493 e. The van der Waals surface area contributed by atoms with Crippen molar-refractivity contribution in [3.05, 3.63) is 23.3 Å². The van der Waals surface area contributed by atoms with Crippen LogP contribution in [0.1, 0.15) is 30.9 Å². The number of carbonyl (C=O) groups is 2. The molecule has 3 rings (SSSR count). The summed E-state index contributed by atoms with van der Waals surface area (Å²) in [4.78, 5) is 28.5. The topological polar surface area (TPSA) is 59.1 Å². The first-order valence-corrected chi connectivity index (χ1v) is 8.85. The molecule has 0 radical (unpaired) electrons. The zero-order chi connectivity index (χ0) is 18.0. The van der Waals surface area contributed by atoms with Gasteiger partial charge < -0.3 is 19.3 Å². The number of rotatable bonds is 2. The predicted molar refractivity (Wildman–Crippen MR) is 93.6 cm³/mol. The van der Waals surface area contributed by atoms with Crippen molar-refractivity contribution in [2.24, 2.45) is 5.92 Å². The molecular formula is C19H26N2O4. The summed E-state index contributed by atoms with van der Waals surface area (Å²) in [5, 5.41) is 0. The molecular weight excluding hydrogens is 320 g/mol. The maximum Gasteiger partial charge on any atom is 0.312 e. The first-order valence-electron chi connectivity index (χ1n) is 8.85. The van der Waals surface area contributed by atoms with Gasteiger partial charge in [-0.1, -0.05) is 6.92 Å². The molecule has 0 aromatic heterocycles. The summed E-state index contributed by atoms with van der Waals surface area (Å²) in [5.74, 6) is 1.21. The molecule has 25 heavy (non-hydrogen) atoms. The molecule has 1 saturated heterocycles. The van der Waals surface area contributed by atoms with E-state index in [1.54, 1.807) is 24.0 Å². The Labute approximate surface area is 148 Å². The molecule has 2 aliphatic rings. The van der Waals surface area contributed by atoms with Crippen molar-refractivity contribution < 1.29 is 19.1 Å². The van der Waals surface area contributed by atoms with Crippen molar-refractivity contribution in [3.8, 4) is 11.5 Å². The number of carbonyl (C=O) groups excluding carboxylic acids is 2. The van der Waals surface area contributed by atoms with Crippen LogP contribution in [0.2, 0.25) is 0 Å². The summed E-state index contributed by atoms with van der Waals surface area (Å²) < 4.78 is 10.7. The van der Waals surface area contributed by atoms with Crippen LogP contribution in [0.5, 0.6) is 11.5 Å². The second kappa shape index (κ2) is 7.33. The van der Waals surface area contributed by atoms with Crippen LogP contribution in [-0.2, 0) is 22.6 Å². The standard InChI is InChI=1S/C19H26N2O4/c1-13-4-7-20(8-5-13)18(22)19(23)21-9-6-14-10-16(24-2)17(25-3)11-15(14)12-21/h10-11,13H,4-9,12H2,1-3H3. The van der Waals surface area contributed by atoms with Crippen LogP contribution in [0.3, 0.4) is 0 Å². The van der Waals surface area contributed by atoms with Gasteiger partial charge in [-0.05, 0) is 48.4 Å². The van der Waals surface area contributed by atoms with Gasteiger partial charge in [-0.2, -0.15) is 0 Å². The summed E-state index contributed by atoms with van der Waals surface area (Å²) in [6.45, 7) is 4.54. The highest BCUT2D eigenvalue weighted by Crippen LogP contribution is 2.33. The van der Waals surface area contributed by atoms with Crippen molar-refractivity contribution in [3.63, 3.8) is 0 Å². The van der Waals surface area contributed by atoms with E-state index in [1.807, 2.05) is 12.1 Å². The van der Waals surface area contributed by atoms with Crippen LogP contribution < -0.4 is 9.47 Å². The number of ether oxygens (including phenoxy) is 2. The minimum atomic E-state index is -0.394. The van der Waals surface area contributed by atoms with E-state index in [4.69, 9.17) is 9.47 Å². The smallest absolute Gasteiger partial charge is 0.312 e. The zero-order valence-electron chi connectivity index (χ0n) is 15.2. The highest BCUT2D eigenvalue weighted by molar-refractivity contribution is 6.34. The second-order valence-corrected chi connectivity index (χ2v) is 6.93. The lowest BCUT2D eigenvalue weighted by atomic mass is 9.98. The van der Waals surface area contributed by atoms with Gasteiger partial charge in [0.2, 0.25) is 0 Å². The van der Waals surface area contributed by atoms with E-state index >= 15 is 0 Å². The van der Waals surface area contributed by atoms with Gasteiger partial charge in [0, 0.05) is 26.2 Å². The summed E-state index contributed by atoms with van der Waals surface area (Å²) in [7, 11) is 3.21. The van der Waals surface area contributed by atoms with Crippen molar-refractivity contribution in [1.29, 1.82) is 0 Å². The molecule has 0 N–H and O–H groups in total. The molecule has 1 fully saturated rings. The predicted octanol–water partition coefficient (Wildman–Crippen LogP) is 1.85. The highest BCUT2D eigenvalue weighted by atomic mass is 16.5. The average molecular weight is 346 g/mol. The first kappa shape index (κ1) is 17.6. The van der Waals surface area contributed by atoms with Crippen LogP contribution in [0.25, 0.3) is 0 Å². The van der Waals surface area contributed by atoms with Gasteiger partial charge in [-0.15, -0.1) is 0 Å². The lowest BCUT2D eigenvalue weighted by Gasteiger charge is -2.33. The van der Waals surface area contributed by atoms with Gasteiger partial charge in [-0.25, -0.2) is 0 Å². The molecule has 136 valence electrons. The Morgan fingerprint density at radius 2 is 1.48 bits per heavy atom. The molecule has 0 bridgehead atoms.